The van der Waals surface area contributed by atoms with Gasteiger partial charge in [-0.15, -0.1) is 13.2 Å². The van der Waals surface area contributed by atoms with Crippen LogP contribution in [0.15, 0.2) is 48.5 Å². The van der Waals surface area contributed by atoms with Crippen LogP contribution in [0.3, 0.4) is 0 Å². The average molecular weight is 268 g/mol. The normalized spacial score (nSPS) is 11.4. The Kier molecular flexibility index (Phi) is 3.76. The van der Waals surface area contributed by atoms with Gasteiger partial charge in [0, 0.05) is 0 Å². The van der Waals surface area contributed by atoms with E-state index in [4.69, 9.17) is 0 Å². The Bertz CT molecular complexity index is 550. The zero-order valence-electron chi connectivity index (χ0n) is 9.82. The standard InChI is InChI=1S/C14H11F3O2/c15-14(16,17)19-12-6-7-13(11(8-12)9-18)10-4-2-1-3-5-10/h1-8,18H,9H2. The summed E-state index contributed by atoms with van der Waals surface area (Å²) in [6.07, 6.45) is -4.74. The third-order valence-corrected chi connectivity index (χ3v) is 2.57. The van der Waals surface area contributed by atoms with E-state index in [1.807, 2.05) is 30.3 Å². The summed E-state index contributed by atoms with van der Waals surface area (Å²) in [6.45, 7) is -0.362. The summed E-state index contributed by atoms with van der Waals surface area (Å²) < 4.78 is 40.2. The molecule has 0 radical (unpaired) electrons. The molecule has 2 rings (SSSR count). The molecule has 0 spiro atoms. The molecule has 0 heterocycles. The van der Waals surface area contributed by atoms with Crippen molar-refractivity contribution in [3.05, 3.63) is 54.1 Å². The summed E-state index contributed by atoms with van der Waals surface area (Å²) in [4.78, 5) is 0. The molecule has 5 heteroatoms. The zero-order chi connectivity index (χ0) is 13.9. The van der Waals surface area contributed by atoms with Gasteiger partial charge in [-0.05, 0) is 28.8 Å². The van der Waals surface area contributed by atoms with Gasteiger partial charge >= 0.3 is 6.36 Å². The van der Waals surface area contributed by atoms with E-state index in [-0.39, 0.29) is 12.4 Å². The fourth-order valence-electron chi connectivity index (χ4n) is 1.80. The van der Waals surface area contributed by atoms with Gasteiger partial charge in [-0.3, -0.25) is 0 Å². The number of alkyl halides is 3. The fourth-order valence-corrected chi connectivity index (χ4v) is 1.80. The van der Waals surface area contributed by atoms with E-state index in [1.165, 1.54) is 18.2 Å². The first-order valence-corrected chi connectivity index (χ1v) is 5.54. The Balaban J connectivity index is 2.37. The highest BCUT2D eigenvalue weighted by atomic mass is 19.4. The van der Waals surface area contributed by atoms with Crippen LogP contribution >= 0.6 is 0 Å². The van der Waals surface area contributed by atoms with Gasteiger partial charge in [0.05, 0.1) is 6.61 Å². The Hall–Kier alpha value is -2.01. The van der Waals surface area contributed by atoms with Crippen LogP contribution in [0.2, 0.25) is 0 Å². The third-order valence-electron chi connectivity index (χ3n) is 2.57. The monoisotopic (exact) mass is 268 g/mol. The molecule has 19 heavy (non-hydrogen) atoms. The van der Waals surface area contributed by atoms with E-state index < -0.39 is 6.36 Å². The van der Waals surface area contributed by atoms with E-state index >= 15 is 0 Å². The Morgan fingerprint density at radius 1 is 1.00 bits per heavy atom. The first kappa shape index (κ1) is 13.4. The Morgan fingerprint density at radius 3 is 2.26 bits per heavy atom. The minimum Gasteiger partial charge on any atom is -0.406 e. The lowest BCUT2D eigenvalue weighted by atomic mass is 10.00. The van der Waals surface area contributed by atoms with E-state index in [0.29, 0.717) is 11.1 Å². The van der Waals surface area contributed by atoms with Gasteiger partial charge in [0.15, 0.2) is 0 Å². The number of benzene rings is 2. The second kappa shape index (κ2) is 5.32. The number of halogens is 3. The maximum absolute atomic E-state index is 12.1. The Morgan fingerprint density at radius 2 is 1.68 bits per heavy atom. The van der Waals surface area contributed by atoms with Crippen LogP contribution in [0.25, 0.3) is 11.1 Å². The first-order chi connectivity index (χ1) is 8.99. The molecule has 100 valence electrons. The summed E-state index contributed by atoms with van der Waals surface area (Å²) in [5, 5.41) is 9.27. The van der Waals surface area contributed by atoms with Gasteiger partial charge in [-0.2, -0.15) is 0 Å². The minimum atomic E-state index is -4.74. The summed E-state index contributed by atoms with van der Waals surface area (Å²) in [6, 6.07) is 13.0. The average Bonchev–Trinajstić information content (AvgIpc) is 2.37. The van der Waals surface area contributed by atoms with Gasteiger partial charge in [-0.25, -0.2) is 0 Å². The molecular formula is C14H11F3O2. The summed E-state index contributed by atoms with van der Waals surface area (Å²) in [5.41, 5.74) is 1.88. The molecule has 1 N–H and O–H groups in total. The van der Waals surface area contributed by atoms with Gasteiger partial charge in [-0.1, -0.05) is 36.4 Å². The van der Waals surface area contributed by atoms with Crippen LogP contribution in [-0.4, -0.2) is 11.5 Å². The van der Waals surface area contributed by atoms with Gasteiger partial charge in [0.2, 0.25) is 0 Å². The molecule has 0 aromatic heterocycles. The largest absolute Gasteiger partial charge is 0.573 e. The van der Waals surface area contributed by atoms with Crippen LogP contribution in [0.1, 0.15) is 5.56 Å². The molecule has 0 saturated carbocycles. The first-order valence-electron chi connectivity index (χ1n) is 5.54. The lowest BCUT2D eigenvalue weighted by Crippen LogP contribution is -2.17. The molecule has 0 bridgehead atoms. The third kappa shape index (κ3) is 3.48. The van der Waals surface area contributed by atoms with E-state index in [2.05, 4.69) is 4.74 Å². The van der Waals surface area contributed by atoms with Crippen molar-refractivity contribution in [2.75, 3.05) is 0 Å². The molecule has 2 nitrogen and oxygen atoms in total. The van der Waals surface area contributed by atoms with Crippen molar-refractivity contribution in [1.82, 2.24) is 0 Å². The van der Waals surface area contributed by atoms with Crippen molar-refractivity contribution in [3.8, 4) is 16.9 Å². The molecule has 2 aromatic rings. The van der Waals surface area contributed by atoms with Crippen LogP contribution in [0.4, 0.5) is 13.2 Å². The molecule has 0 aliphatic carbocycles. The van der Waals surface area contributed by atoms with E-state index in [1.54, 1.807) is 0 Å². The number of aliphatic hydroxyl groups is 1. The summed E-state index contributed by atoms with van der Waals surface area (Å²) in [7, 11) is 0. The molecule has 0 saturated heterocycles. The van der Waals surface area contributed by atoms with Crippen LogP contribution in [0, 0.1) is 0 Å². The minimum absolute atomic E-state index is 0.337. The molecule has 0 unspecified atom stereocenters. The molecule has 0 atom stereocenters. The van der Waals surface area contributed by atoms with Crippen LogP contribution in [-0.2, 0) is 6.61 Å². The highest BCUT2D eigenvalue weighted by molar-refractivity contribution is 5.68. The maximum Gasteiger partial charge on any atom is 0.573 e. The van der Waals surface area contributed by atoms with E-state index in [9.17, 15) is 18.3 Å². The second-order valence-electron chi connectivity index (χ2n) is 3.89. The lowest BCUT2D eigenvalue weighted by molar-refractivity contribution is -0.274. The highest BCUT2D eigenvalue weighted by Crippen LogP contribution is 2.30. The highest BCUT2D eigenvalue weighted by Gasteiger charge is 2.31. The quantitative estimate of drug-likeness (QED) is 0.918. The molecule has 0 aliphatic heterocycles. The number of hydrogen-bond acceptors (Lipinski definition) is 2. The van der Waals surface area contributed by atoms with Crippen molar-refractivity contribution in [2.45, 2.75) is 13.0 Å². The van der Waals surface area contributed by atoms with Crippen LogP contribution in [0.5, 0.6) is 5.75 Å². The van der Waals surface area contributed by atoms with Crippen molar-refractivity contribution in [2.24, 2.45) is 0 Å². The fraction of sp³-hybridized carbons (Fsp3) is 0.143. The molecule has 0 amide bonds. The molecule has 0 fully saturated rings. The van der Waals surface area contributed by atoms with Crippen molar-refractivity contribution in [1.29, 1.82) is 0 Å². The lowest BCUT2D eigenvalue weighted by Gasteiger charge is -2.12. The topological polar surface area (TPSA) is 29.5 Å². The summed E-state index contributed by atoms with van der Waals surface area (Å²) in [5.74, 6) is -0.337. The van der Waals surface area contributed by atoms with Crippen LogP contribution < -0.4 is 4.74 Å². The Labute approximate surface area is 108 Å². The van der Waals surface area contributed by atoms with E-state index in [0.717, 1.165) is 5.56 Å². The van der Waals surface area contributed by atoms with Crippen molar-refractivity contribution >= 4 is 0 Å². The molecular weight excluding hydrogens is 257 g/mol. The second-order valence-corrected chi connectivity index (χ2v) is 3.89. The number of rotatable bonds is 3. The van der Waals surface area contributed by atoms with Gasteiger partial charge in [0.25, 0.3) is 0 Å². The predicted octanol–water partition coefficient (Wildman–Crippen LogP) is 3.74. The van der Waals surface area contributed by atoms with Crippen molar-refractivity contribution < 1.29 is 23.0 Å². The number of aliphatic hydroxyl groups excluding tert-OH is 1. The molecule has 0 aliphatic rings. The smallest absolute Gasteiger partial charge is 0.406 e. The van der Waals surface area contributed by atoms with Gasteiger partial charge in [0.1, 0.15) is 5.75 Å². The maximum atomic E-state index is 12.1. The molecule has 2 aromatic carbocycles. The number of ether oxygens (including phenoxy) is 1. The summed E-state index contributed by atoms with van der Waals surface area (Å²) >= 11 is 0. The van der Waals surface area contributed by atoms with Gasteiger partial charge < -0.3 is 9.84 Å². The number of hydrogen-bond donors (Lipinski definition) is 1. The van der Waals surface area contributed by atoms with Crippen molar-refractivity contribution in [3.63, 3.8) is 0 Å². The predicted molar refractivity (Wildman–Crippen MR) is 64.5 cm³/mol. The zero-order valence-corrected chi connectivity index (χ0v) is 9.82. The SMILES string of the molecule is OCc1cc(OC(F)(F)F)ccc1-c1ccccc1.